The second kappa shape index (κ2) is 6.38. The summed E-state index contributed by atoms with van der Waals surface area (Å²) in [4.78, 5) is 17.3. The van der Waals surface area contributed by atoms with E-state index in [2.05, 4.69) is 56.9 Å². The average molecular weight is 406 g/mol. The van der Waals surface area contributed by atoms with E-state index in [1.807, 2.05) is 44.2 Å². The number of rotatable bonds is 3. The van der Waals surface area contributed by atoms with Gasteiger partial charge in [0.1, 0.15) is 0 Å². The molecule has 1 aliphatic carbocycles. The third-order valence-corrected chi connectivity index (χ3v) is 6.73. The monoisotopic (exact) mass is 406 g/mol. The Hall–Kier alpha value is -3.73. The Labute approximate surface area is 180 Å². The second-order valence-corrected chi connectivity index (χ2v) is 8.60. The molecule has 0 radical (unpaired) electrons. The highest BCUT2D eigenvalue weighted by Gasteiger charge is 2.65. The summed E-state index contributed by atoms with van der Waals surface area (Å²) in [6, 6.07) is 18.5. The Morgan fingerprint density at radius 3 is 2.81 bits per heavy atom. The summed E-state index contributed by atoms with van der Waals surface area (Å²) in [5.74, 6) is 0.318. The molecule has 4 aromatic rings. The van der Waals surface area contributed by atoms with Crippen molar-refractivity contribution < 1.29 is 4.79 Å². The number of H-pyrrole nitrogens is 1. The van der Waals surface area contributed by atoms with Crippen molar-refractivity contribution in [1.29, 1.82) is 0 Å². The van der Waals surface area contributed by atoms with E-state index in [1.165, 1.54) is 5.56 Å². The van der Waals surface area contributed by atoms with Crippen molar-refractivity contribution in [3.63, 3.8) is 0 Å². The van der Waals surface area contributed by atoms with Crippen molar-refractivity contribution in [3.8, 4) is 0 Å². The summed E-state index contributed by atoms with van der Waals surface area (Å²) in [5.41, 5.74) is 7.84. The molecular weight excluding hydrogens is 384 g/mol. The summed E-state index contributed by atoms with van der Waals surface area (Å²) in [6.45, 7) is 4.02. The number of nitrogens with zero attached hydrogens (tertiary/aromatic N) is 2. The molecule has 31 heavy (non-hydrogen) atoms. The number of carbonyl (C=O) groups excluding carboxylic acids is 1. The number of benzene rings is 2. The molecule has 2 aromatic heterocycles. The fraction of sp³-hybridized carbons (Fsp3) is 0.192. The maximum atomic E-state index is 12.8. The minimum Gasteiger partial charge on any atom is -0.325 e. The molecule has 2 aromatic carbocycles. The van der Waals surface area contributed by atoms with Gasteiger partial charge < -0.3 is 5.32 Å². The highest BCUT2D eigenvalue weighted by atomic mass is 16.2. The summed E-state index contributed by atoms with van der Waals surface area (Å²) < 4.78 is 0. The number of carbonyl (C=O) groups is 1. The summed E-state index contributed by atoms with van der Waals surface area (Å²) in [6.07, 6.45) is 4.93. The van der Waals surface area contributed by atoms with Gasteiger partial charge in [-0.2, -0.15) is 5.10 Å². The van der Waals surface area contributed by atoms with Crippen molar-refractivity contribution in [1.82, 2.24) is 15.2 Å². The largest absolute Gasteiger partial charge is 0.325 e. The van der Waals surface area contributed by atoms with Crippen LogP contribution < -0.4 is 5.32 Å². The number of anilines is 1. The maximum Gasteiger partial charge on any atom is 0.235 e. The zero-order valence-electron chi connectivity index (χ0n) is 17.4. The molecular formula is C26H22N4O. The molecule has 6 rings (SSSR count). The summed E-state index contributed by atoms with van der Waals surface area (Å²) in [5, 5.41) is 11.8. The standard InChI is InChI=1S/C26H22N4O/c1-15-7-8-17(16(2)27-15)10-12-22-19-11-9-18(13-24(19)30-29-22)21-14-26(21)20-5-3-4-6-23(20)28-25(26)31/h3-13,21H,14H2,1-2H3,(H,28,31)(H,29,30)/t21-,26-/m0/s1. The van der Waals surface area contributed by atoms with Crippen molar-refractivity contribution in [3.05, 3.63) is 88.4 Å². The van der Waals surface area contributed by atoms with Crippen LogP contribution in [0, 0.1) is 13.8 Å². The van der Waals surface area contributed by atoms with Gasteiger partial charge in [0, 0.05) is 28.4 Å². The molecule has 5 nitrogen and oxygen atoms in total. The van der Waals surface area contributed by atoms with E-state index in [9.17, 15) is 4.79 Å². The van der Waals surface area contributed by atoms with Crippen molar-refractivity contribution in [2.24, 2.45) is 0 Å². The first-order chi connectivity index (χ1) is 15.1. The topological polar surface area (TPSA) is 70.7 Å². The number of amides is 1. The van der Waals surface area contributed by atoms with Gasteiger partial charge in [-0.1, -0.05) is 42.5 Å². The summed E-state index contributed by atoms with van der Waals surface area (Å²) >= 11 is 0. The van der Waals surface area contributed by atoms with Crippen molar-refractivity contribution in [2.75, 3.05) is 5.32 Å². The van der Waals surface area contributed by atoms with Gasteiger partial charge in [0.15, 0.2) is 0 Å². The van der Waals surface area contributed by atoms with Crippen LogP contribution in [0.4, 0.5) is 5.69 Å². The molecule has 1 amide bonds. The van der Waals surface area contributed by atoms with Gasteiger partial charge in [-0.05, 0) is 61.2 Å². The number of nitrogens with one attached hydrogen (secondary N) is 2. The Balaban J connectivity index is 1.31. The van der Waals surface area contributed by atoms with E-state index in [4.69, 9.17) is 0 Å². The van der Waals surface area contributed by atoms with Crippen LogP contribution in [0.15, 0.2) is 54.6 Å². The molecule has 152 valence electrons. The third kappa shape index (κ3) is 2.66. The Kier molecular flexibility index (Phi) is 3.72. The van der Waals surface area contributed by atoms with E-state index >= 15 is 0 Å². The molecule has 0 saturated heterocycles. The first-order valence-electron chi connectivity index (χ1n) is 10.6. The quantitative estimate of drug-likeness (QED) is 0.496. The van der Waals surface area contributed by atoms with E-state index in [-0.39, 0.29) is 11.8 Å². The van der Waals surface area contributed by atoms with Gasteiger partial charge in [-0.15, -0.1) is 0 Å². The van der Waals surface area contributed by atoms with Crippen molar-refractivity contribution in [2.45, 2.75) is 31.6 Å². The highest BCUT2D eigenvalue weighted by Crippen LogP contribution is 2.64. The first-order valence-corrected chi connectivity index (χ1v) is 10.6. The molecule has 1 spiro atoms. The summed E-state index contributed by atoms with van der Waals surface area (Å²) in [7, 11) is 0. The second-order valence-electron chi connectivity index (χ2n) is 8.60. The van der Waals surface area contributed by atoms with Gasteiger partial charge in [0.05, 0.1) is 16.6 Å². The zero-order valence-corrected chi connectivity index (χ0v) is 17.4. The highest BCUT2D eigenvalue weighted by molar-refractivity contribution is 6.09. The average Bonchev–Trinajstić information content (AvgIpc) is 3.30. The molecule has 0 unspecified atom stereocenters. The SMILES string of the molecule is Cc1ccc(C=Cc2n[nH]c3cc([C@@H]4C[C@@]45C(=O)Nc4ccccc45)ccc23)c(C)n1. The number of aryl methyl sites for hydroxylation is 2. The Morgan fingerprint density at radius 2 is 1.94 bits per heavy atom. The van der Waals surface area contributed by atoms with Gasteiger partial charge in [0.25, 0.3) is 0 Å². The number of hydrogen-bond acceptors (Lipinski definition) is 3. The van der Waals surface area contributed by atoms with Crippen LogP contribution in [-0.4, -0.2) is 21.1 Å². The maximum absolute atomic E-state index is 12.8. The lowest BCUT2D eigenvalue weighted by atomic mass is 9.92. The molecule has 2 aliphatic rings. The molecule has 5 heteroatoms. The smallest absolute Gasteiger partial charge is 0.235 e. The van der Waals surface area contributed by atoms with E-state index in [1.54, 1.807) is 0 Å². The Morgan fingerprint density at radius 1 is 1.06 bits per heavy atom. The van der Waals surface area contributed by atoms with Gasteiger partial charge in [-0.25, -0.2) is 0 Å². The predicted octanol–water partition coefficient (Wildman–Crippen LogP) is 5.12. The minimum atomic E-state index is -0.414. The number of hydrogen-bond donors (Lipinski definition) is 2. The van der Waals surface area contributed by atoms with Gasteiger partial charge in [-0.3, -0.25) is 14.9 Å². The lowest BCUT2D eigenvalue weighted by molar-refractivity contribution is -0.118. The predicted molar refractivity (Wildman–Crippen MR) is 123 cm³/mol. The molecule has 1 saturated carbocycles. The van der Waals surface area contributed by atoms with Gasteiger partial charge >= 0.3 is 0 Å². The number of aromatic nitrogens is 3. The number of para-hydroxylation sites is 1. The van der Waals surface area contributed by atoms with E-state index in [0.717, 1.165) is 51.2 Å². The Bertz CT molecular complexity index is 1400. The fourth-order valence-electron chi connectivity index (χ4n) is 5.00. The van der Waals surface area contributed by atoms with Crippen LogP contribution in [0.5, 0.6) is 0 Å². The first kappa shape index (κ1) is 18.1. The zero-order chi connectivity index (χ0) is 21.2. The molecule has 2 N–H and O–H groups in total. The van der Waals surface area contributed by atoms with Crippen LogP contribution >= 0.6 is 0 Å². The van der Waals surface area contributed by atoms with Crippen LogP contribution in [0.2, 0.25) is 0 Å². The van der Waals surface area contributed by atoms with Crippen LogP contribution in [0.25, 0.3) is 23.1 Å². The number of fused-ring (bicyclic) bond motifs is 3. The van der Waals surface area contributed by atoms with Crippen LogP contribution in [0.1, 0.15) is 46.1 Å². The van der Waals surface area contributed by atoms with Crippen LogP contribution in [0.3, 0.4) is 0 Å². The van der Waals surface area contributed by atoms with Gasteiger partial charge in [0.2, 0.25) is 5.91 Å². The molecule has 1 aliphatic heterocycles. The number of aromatic amines is 1. The molecule has 1 fully saturated rings. The van der Waals surface area contributed by atoms with Crippen LogP contribution in [-0.2, 0) is 10.2 Å². The third-order valence-electron chi connectivity index (χ3n) is 6.73. The lowest BCUT2D eigenvalue weighted by Crippen LogP contribution is -2.20. The number of pyridine rings is 1. The van der Waals surface area contributed by atoms with Crippen molar-refractivity contribution >= 4 is 34.6 Å². The minimum absolute atomic E-state index is 0.120. The normalized spacial score (nSPS) is 21.7. The van der Waals surface area contributed by atoms with E-state index < -0.39 is 5.41 Å². The molecule has 3 heterocycles. The molecule has 0 bridgehead atoms. The van der Waals surface area contributed by atoms with E-state index in [0.29, 0.717) is 0 Å². The molecule has 2 atom stereocenters. The fourth-order valence-corrected chi connectivity index (χ4v) is 5.00. The lowest BCUT2D eigenvalue weighted by Gasteiger charge is -2.08.